The van der Waals surface area contributed by atoms with E-state index in [9.17, 15) is 9.59 Å². The molecule has 0 spiro atoms. The fourth-order valence-corrected chi connectivity index (χ4v) is 1.66. The molecule has 29 heavy (non-hydrogen) atoms. The Labute approximate surface area is 172 Å². The van der Waals surface area contributed by atoms with Crippen LogP contribution in [0.1, 0.15) is 33.6 Å². The maximum atomic E-state index is 11.9. The van der Waals surface area contributed by atoms with E-state index >= 15 is 0 Å². The van der Waals surface area contributed by atoms with Gasteiger partial charge < -0.3 is 33.7 Å². The fraction of sp³-hybridized carbons (Fsp3) is 0.600. The number of rotatable bonds is 17. The molecule has 0 aliphatic carbocycles. The summed E-state index contributed by atoms with van der Waals surface area (Å²) in [5, 5.41) is 2.62. The summed E-state index contributed by atoms with van der Waals surface area (Å²) in [6.07, 6.45) is -0.0441. The number of carbonyl (C=O) groups is 2. The van der Waals surface area contributed by atoms with Crippen LogP contribution in [0.3, 0.4) is 0 Å². The third-order valence-corrected chi connectivity index (χ3v) is 3.08. The molecule has 0 aliphatic rings. The molecule has 0 bridgehead atoms. The highest BCUT2D eigenvalue weighted by molar-refractivity contribution is 5.86. The number of unbranched alkanes of at least 4 members (excludes halogenated alkanes) is 1. The van der Waals surface area contributed by atoms with Gasteiger partial charge in [-0.1, -0.05) is 19.7 Å². The number of nitrogens with one attached hydrogen (secondary N) is 1. The van der Waals surface area contributed by atoms with Gasteiger partial charge in [0, 0.05) is 12.1 Å². The van der Waals surface area contributed by atoms with Crippen molar-refractivity contribution in [3.8, 4) is 0 Å². The second-order valence-electron chi connectivity index (χ2n) is 6.25. The molecule has 1 N–H and O–H groups in total. The number of allylic oxidation sites excluding steroid dienone is 2. The van der Waals surface area contributed by atoms with Crippen LogP contribution < -0.4 is 5.32 Å². The predicted octanol–water partition coefficient (Wildman–Crippen LogP) is 3.03. The molecule has 0 fully saturated rings. The van der Waals surface area contributed by atoms with Gasteiger partial charge in [-0.15, -0.1) is 0 Å². The van der Waals surface area contributed by atoms with Crippen molar-refractivity contribution in [1.29, 1.82) is 0 Å². The summed E-state index contributed by atoms with van der Waals surface area (Å²) in [6.45, 7) is 16.4. The van der Waals surface area contributed by atoms with E-state index in [1.807, 2.05) is 0 Å². The maximum Gasteiger partial charge on any atom is 0.407 e. The normalized spacial score (nSPS) is 10.2. The van der Waals surface area contributed by atoms with E-state index in [4.69, 9.17) is 28.4 Å². The van der Waals surface area contributed by atoms with Gasteiger partial charge in [0.25, 0.3) is 0 Å². The zero-order valence-electron chi connectivity index (χ0n) is 17.6. The van der Waals surface area contributed by atoms with E-state index < -0.39 is 18.2 Å². The molecule has 0 aromatic carbocycles. The quantitative estimate of drug-likeness (QED) is 0.127. The van der Waals surface area contributed by atoms with Crippen molar-refractivity contribution in [2.75, 3.05) is 40.0 Å². The molecule has 0 saturated heterocycles. The van der Waals surface area contributed by atoms with E-state index in [1.54, 1.807) is 20.8 Å². The largest absolute Gasteiger partial charge is 0.473 e. The lowest BCUT2D eigenvalue weighted by atomic mass is 10.3. The Hall–Kier alpha value is -2.52. The van der Waals surface area contributed by atoms with Crippen LogP contribution in [-0.4, -0.2) is 58.1 Å². The summed E-state index contributed by atoms with van der Waals surface area (Å²) >= 11 is 0. The molecule has 1 amide bonds. The molecule has 0 aromatic heterocycles. The van der Waals surface area contributed by atoms with Crippen LogP contribution >= 0.6 is 0 Å². The molecule has 0 heterocycles. The number of amides is 1. The van der Waals surface area contributed by atoms with E-state index in [0.717, 1.165) is 0 Å². The summed E-state index contributed by atoms with van der Waals surface area (Å²) < 4.78 is 31.1. The van der Waals surface area contributed by atoms with Crippen molar-refractivity contribution in [2.24, 2.45) is 0 Å². The topological polar surface area (TPSA) is 102 Å². The van der Waals surface area contributed by atoms with Gasteiger partial charge in [0.05, 0.1) is 31.3 Å². The van der Waals surface area contributed by atoms with Crippen molar-refractivity contribution in [2.45, 2.75) is 39.7 Å². The zero-order chi connectivity index (χ0) is 22.1. The first-order valence-corrected chi connectivity index (χ1v) is 9.21. The Morgan fingerprint density at radius 3 is 1.90 bits per heavy atom. The van der Waals surface area contributed by atoms with Gasteiger partial charge in [-0.3, -0.25) is 0 Å². The molecule has 0 atom stereocenters. The van der Waals surface area contributed by atoms with Crippen molar-refractivity contribution in [3.63, 3.8) is 0 Å². The fourth-order valence-electron chi connectivity index (χ4n) is 1.66. The average Bonchev–Trinajstić information content (AvgIpc) is 2.64. The number of carbonyl (C=O) groups excluding carboxylic acids is 2. The highest BCUT2D eigenvalue weighted by Gasteiger charge is 2.15. The van der Waals surface area contributed by atoms with Crippen LogP contribution in [0.25, 0.3) is 0 Å². The summed E-state index contributed by atoms with van der Waals surface area (Å²) in [4.78, 5) is 23.2. The van der Waals surface area contributed by atoms with Crippen LogP contribution in [0.2, 0.25) is 0 Å². The molecule has 0 radical (unpaired) electrons. The third kappa shape index (κ3) is 17.3. The molecular formula is C20H33NO8. The standard InChI is InChI=1S/C20H33NO8/c1-15(2)19(22)26-10-8-7-9-21-20(23)29-18(11-24-13-27-16(3)4)12-25-14-28-17(5)6/h18H,1,3,5,7-14H2,2,4,6H3,(H,21,23). The Bertz CT molecular complexity index is 525. The van der Waals surface area contributed by atoms with Crippen LogP contribution in [0.5, 0.6) is 0 Å². The van der Waals surface area contributed by atoms with Gasteiger partial charge >= 0.3 is 12.1 Å². The van der Waals surface area contributed by atoms with E-state index in [-0.39, 0.29) is 33.4 Å². The smallest absolute Gasteiger partial charge is 0.407 e. The maximum absolute atomic E-state index is 11.9. The number of esters is 1. The second kappa shape index (κ2) is 16.4. The third-order valence-electron chi connectivity index (χ3n) is 3.08. The van der Waals surface area contributed by atoms with E-state index in [2.05, 4.69) is 25.1 Å². The van der Waals surface area contributed by atoms with Crippen LogP contribution in [-0.2, 0) is 33.2 Å². The van der Waals surface area contributed by atoms with Gasteiger partial charge in [0.2, 0.25) is 0 Å². The van der Waals surface area contributed by atoms with Gasteiger partial charge in [0.15, 0.2) is 19.7 Å². The summed E-state index contributed by atoms with van der Waals surface area (Å²) in [7, 11) is 0. The van der Waals surface area contributed by atoms with Crippen LogP contribution in [0.4, 0.5) is 4.79 Å². The van der Waals surface area contributed by atoms with Crippen molar-refractivity contribution < 1.29 is 38.0 Å². The summed E-state index contributed by atoms with van der Waals surface area (Å²) in [5.41, 5.74) is 0.351. The first kappa shape index (κ1) is 26.5. The Kier molecular flexibility index (Phi) is 15.0. The molecule has 0 unspecified atom stereocenters. The number of alkyl carbamates (subject to hydrolysis) is 1. The van der Waals surface area contributed by atoms with Crippen LogP contribution in [0, 0.1) is 0 Å². The Balaban J connectivity index is 4.11. The molecule has 0 saturated carbocycles. The lowest BCUT2D eigenvalue weighted by Crippen LogP contribution is -2.35. The highest BCUT2D eigenvalue weighted by Crippen LogP contribution is 2.01. The second-order valence-corrected chi connectivity index (χ2v) is 6.25. The molecular weight excluding hydrogens is 382 g/mol. The van der Waals surface area contributed by atoms with Crippen molar-refractivity contribution in [1.82, 2.24) is 5.32 Å². The molecule has 0 rings (SSSR count). The van der Waals surface area contributed by atoms with Gasteiger partial charge in [-0.25, -0.2) is 9.59 Å². The molecule has 166 valence electrons. The number of hydrogen-bond donors (Lipinski definition) is 1. The van der Waals surface area contributed by atoms with Crippen molar-refractivity contribution >= 4 is 12.1 Å². The highest BCUT2D eigenvalue weighted by atomic mass is 16.7. The first-order valence-electron chi connectivity index (χ1n) is 9.21. The summed E-state index contributed by atoms with van der Waals surface area (Å²) in [5.74, 6) is 0.604. The van der Waals surface area contributed by atoms with Crippen molar-refractivity contribution in [3.05, 3.63) is 36.8 Å². The van der Waals surface area contributed by atoms with Crippen LogP contribution in [0.15, 0.2) is 36.8 Å². The molecule has 9 heteroatoms. The number of ether oxygens (including phenoxy) is 6. The molecule has 0 aliphatic heterocycles. The number of hydrogen-bond acceptors (Lipinski definition) is 8. The van der Waals surface area contributed by atoms with Gasteiger partial charge in [-0.05, 0) is 33.6 Å². The minimum Gasteiger partial charge on any atom is -0.473 e. The van der Waals surface area contributed by atoms with E-state index in [1.165, 1.54) is 0 Å². The Morgan fingerprint density at radius 1 is 0.862 bits per heavy atom. The minimum atomic E-state index is -0.658. The molecule has 0 aromatic rings. The Morgan fingerprint density at radius 2 is 1.41 bits per heavy atom. The minimum absolute atomic E-state index is 0.0119. The first-order chi connectivity index (χ1) is 13.7. The predicted molar refractivity (Wildman–Crippen MR) is 107 cm³/mol. The average molecular weight is 415 g/mol. The monoisotopic (exact) mass is 415 g/mol. The van der Waals surface area contributed by atoms with Gasteiger partial charge in [0.1, 0.15) is 0 Å². The lowest BCUT2D eigenvalue weighted by molar-refractivity contribution is -0.139. The van der Waals surface area contributed by atoms with Gasteiger partial charge in [-0.2, -0.15) is 0 Å². The molecule has 9 nitrogen and oxygen atoms in total. The zero-order valence-corrected chi connectivity index (χ0v) is 17.6. The lowest BCUT2D eigenvalue weighted by Gasteiger charge is -2.19. The SMILES string of the molecule is C=C(C)OCOCC(COCOC(=C)C)OC(=O)NCCCCOC(=O)C(=C)C. The van der Waals surface area contributed by atoms with E-state index in [0.29, 0.717) is 36.5 Å². The summed E-state index contributed by atoms with van der Waals surface area (Å²) in [6, 6.07) is 0.